The Balaban J connectivity index is 0.00000162. The van der Waals surface area contributed by atoms with Crippen LogP contribution in [0.4, 0.5) is 13.2 Å². The summed E-state index contributed by atoms with van der Waals surface area (Å²) < 4.78 is 36.8. The summed E-state index contributed by atoms with van der Waals surface area (Å²) in [6.07, 6.45) is -4.15. The van der Waals surface area contributed by atoms with Crippen molar-refractivity contribution in [1.29, 1.82) is 0 Å². The number of hydrogen-bond donors (Lipinski definition) is 1. The van der Waals surface area contributed by atoms with Crippen LogP contribution >= 0.6 is 12.4 Å². The maximum Gasteiger partial charge on any atom is 0.401 e. The van der Waals surface area contributed by atoms with Crippen molar-refractivity contribution in [2.45, 2.75) is 18.1 Å². The molecule has 1 aromatic carbocycles. The third-order valence-electron chi connectivity index (χ3n) is 3.07. The summed E-state index contributed by atoms with van der Waals surface area (Å²) in [6, 6.07) is 9.27. The molecule has 0 saturated carbocycles. The molecule has 0 aliphatic carbocycles. The topological polar surface area (TPSA) is 29.3 Å². The van der Waals surface area contributed by atoms with Crippen molar-refractivity contribution in [3.05, 3.63) is 35.9 Å². The van der Waals surface area contributed by atoms with Gasteiger partial charge in [-0.3, -0.25) is 4.90 Å². The molecule has 6 heteroatoms. The SMILES string of the molecule is Cl.N[C@@H]1CN(CC(F)(F)F)C[C@H]1c1ccccc1. The Morgan fingerprint density at radius 3 is 2.33 bits per heavy atom. The summed E-state index contributed by atoms with van der Waals surface area (Å²) >= 11 is 0. The largest absolute Gasteiger partial charge is 0.401 e. The average molecular weight is 281 g/mol. The molecule has 2 rings (SSSR count). The van der Waals surface area contributed by atoms with E-state index in [1.165, 1.54) is 4.90 Å². The fraction of sp³-hybridized carbons (Fsp3) is 0.500. The Morgan fingerprint density at radius 2 is 1.78 bits per heavy atom. The lowest BCUT2D eigenvalue weighted by atomic mass is 9.95. The van der Waals surface area contributed by atoms with E-state index in [2.05, 4.69) is 0 Å². The maximum atomic E-state index is 12.3. The smallest absolute Gasteiger partial charge is 0.326 e. The summed E-state index contributed by atoms with van der Waals surface area (Å²) in [5.74, 6) is -0.00134. The number of nitrogens with zero attached hydrogens (tertiary/aromatic N) is 1. The van der Waals surface area contributed by atoms with Gasteiger partial charge in [0.2, 0.25) is 0 Å². The number of halogens is 4. The van der Waals surface area contributed by atoms with Gasteiger partial charge in [-0.1, -0.05) is 30.3 Å². The lowest BCUT2D eigenvalue weighted by Gasteiger charge is -2.17. The van der Waals surface area contributed by atoms with Crippen LogP contribution in [0, 0.1) is 0 Å². The number of hydrogen-bond acceptors (Lipinski definition) is 2. The second kappa shape index (κ2) is 5.91. The van der Waals surface area contributed by atoms with Crippen LogP contribution in [-0.4, -0.2) is 36.8 Å². The number of benzene rings is 1. The Morgan fingerprint density at radius 1 is 1.17 bits per heavy atom. The number of nitrogens with two attached hydrogens (primary N) is 1. The first-order chi connectivity index (χ1) is 7.96. The molecule has 0 spiro atoms. The van der Waals surface area contributed by atoms with Crippen molar-refractivity contribution in [2.75, 3.05) is 19.6 Å². The molecule has 1 heterocycles. The molecule has 1 saturated heterocycles. The minimum atomic E-state index is -4.15. The van der Waals surface area contributed by atoms with E-state index in [1.807, 2.05) is 30.3 Å². The van der Waals surface area contributed by atoms with Crippen LogP contribution in [0.25, 0.3) is 0 Å². The van der Waals surface area contributed by atoms with E-state index in [9.17, 15) is 13.2 Å². The lowest BCUT2D eigenvalue weighted by Crippen LogP contribution is -2.34. The van der Waals surface area contributed by atoms with E-state index in [0.717, 1.165) is 5.56 Å². The Labute approximate surface area is 110 Å². The van der Waals surface area contributed by atoms with Crippen molar-refractivity contribution in [3.63, 3.8) is 0 Å². The van der Waals surface area contributed by atoms with Crippen molar-refractivity contribution in [1.82, 2.24) is 4.90 Å². The zero-order valence-electron chi connectivity index (χ0n) is 9.73. The molecule has 0 amide bonds. The molecule has 102 valence electrons. The number of rotatable bonds is 2. The molecule has 0 unspecified atom stereocenters. The molecule has 1 aliphatic rings. The van der Waals surface area contributed by atoms with Gasteiger partial charge in [0.05, 0.1) is 6.54 Å². The van der Waals surface area contributed by atoms with Gasteiger partial charge in [0.1, 0.15) is 0 Å². The molecule has 1 aromatic rings. The summed E-state index contributed by atoms with van der Waals surface area (Å²) in [7, 11) is 0. The Hall–Kier alpha value is -0.780. The molecule has 0 aromatic heterocycles. The van der Waals surface area contributed by atoms with E-state index in [0.29, 0.717) is 13.1 Å². The molecule has 2 atom stereocenters. The standard InChI is InChI=1S/C12H15F3N2.ClH/c13-12(14,15)8-17-6-10(11(16)7-17)9-4-2-1-3-5-9;/h1-5,10-11H,6-8,16H2;1H/t10-,11+;/m0./s1. The molecular formula is C12H16ClF3N2. The number of alkyl halides is 3. The highest BCUT2D eigenvalue weighted by Crippen LogP contribution is 2.28. The molecular weight excluding hydrogens is 265 g/mol. The van der Waals surface area contributed by atoms with Crippen molar-refractivity contribution in [2.24, 2.45) is 5.73 Å². The molecule has 1 aliphatic heterocycles. The highest BCUT2D eigenvalue weighted by molar-refractivity contribution is 5.85. The fourth-order valence-electron chi connectivity index (χ4n) is 2.35. The third kappa shape index (κ3) is 3.86. The molecule has 18 heavy (non-hydrogen) atoms. The monoisotopic (exact) mass is 280 g/mol. The van der Waals surface area contributed by atoms with Gasteiger partial charge >= 0.3 is 6.18 Å². The van der Waals surface area contributed by atoms with Crippen molar-refractivity contribution >= 4 is 12.4 Å². The normalized spacial score (nSPS) is 24.9. The summed E-state index contributed by atoms with van der Waals surface area (Å²) in [5.41, 5.74) is 6.93. The van der Waals surface area contributed by atoms with E-state index in [-0.39, 0.29) is 24.4 Å². The molecule has 1 fully saturated rings. The highest BCUT2D eigenvalue weighted by atomic mass is 35.5. The van der Waals surface area contributed by atoms with Gasteiger partial charge in [0.25, 0.3) is 0 Å². The van der Waals surface area contributed by atoms with Gasteiger partial charge in [-0.2, -0.15) is 13.2 Å². The maximum absolute atomic E-state index is 12.3. The lowest BCUT2D eigenvalue weighted by molar-refractivity contribution is -0.143. The molecule has 0 bridgehead atoms. The van der Waals surface area contributed by atoms with Crippen molar-refractivity contribution < 1.29 is 13.2 Å². The first-order valence-electron chi connectivity index (χ1n) is 5.55. The van der Waals surface area contributed by atoms with Crippen LogP contribution in [0.15, 0.2) is 30.3 Å². The van der Waals surface area contributed by atoms with Gasteiger partial charge in [0, 0.05) is 25.0 Å². The van der Waals surface area contributed by atoms with Crippen molar-refractivity contribution in [3.8, 4) is 0 Å². The second-order valence-electron chi connectivity index (χ2n) is 4.49. The first-order valence-corrected chi connectivity index (χ1v) is 5.55. The summed E-state index contributed by atoms with van der Waals surface area (Å²) in [6.45, 7) is -0.187. The fourth-order valence-corrected chi connectivity index (χ4v) is 2.35. The average Bonchev–Trinajstić information content (AvgIpc) is 2.58. The predicted molar refractivity (Wildman–Crippen MR) is 66.9 cm³/mol. The Bertz CT molecular complexity index is 369. The molecule has 2 N–H and O–H groups in total. The second-order valence-corrected chi connectivity index (χ2v) is 4.49. The summed E-state index contributed by atoms with van der Waals surface area (Å²) in [5, 5.41) is 0. The van der Waals surface area contributed by atoms with Gasteiger partial charge in [-0.05, 0) is 5.56 Å². The van der Waals surface area contributed by atoms with Crippen LogP contribution in [0.1, 0.15) is 11.5 Å². The van der Waals surface area contributed by atoms with E-state index in [1.54, 1.807) is 0 Å². The minimum absolute atomic E-state index is 0. The van der Waals surface area contributed by atoms with Gasteiger partial charge < -0.3 is 5.73 Å². The highest BCUT2D eigenvalue weighted by Gasteiger charge is 2.37. The summed E-state index contributed by atoms with van der Waals surface area (Å²) in [4.78, 5) is 1.38. The van der Waals surface area contributed by atoms with Gasteiger partial charge in [-0.25, -0.2) is 0 Å². The van der Waals surface area contributed by atoms with Crippen LogP contribution < -0.4 is 5.73 Å². The van der Waals surface area contributed by atoms with Gasteiger partial charge in [0.15, 0.2) is 0 Å². The molecule has 2 nitrogen and oxygen atoms in total. The van der Waals surface area contributed by atoms with Crippen LogP contribution in [0.2, 0.25) is 0 Å². The van der Waals surface area contributed by atoms with E-state index in [4.69, 9.17) is 5.73 Å². The van der Waals surface area contributed by atoms with E-state index < -0.39 is 12.7 Å². The first kappa shape index (κ1) is 15.3. The predicted octanol–water partition coefficient (Wildman–Crippen LogP) is 2.40. The van der Waals surface area contributed by atoms with Crippen LogP contribution in [-0.2, 0) is 0 Å². The molecule has 0 radical (unpaired) electrons. The van der Waals surface area contributed by atoms with Crippen LogP contribution in [0.3, 0.4) is 0 Å². The number of likely N-dealkylation sites (tertiary alicyclic amines) is 1. The quantitative estimate of drug-likeness (QED) is 0.901. The zero-order chi connectivity index (χ0) is 12.5. The Kier molecular flexibility index (Phi) is 5.01. The minimum Gasteiger partial charge on any atom is -0.326 e. The van der Waals surface area contributed by atoms with E-state index >= 15 is 0 Å². The van der Waals surface area contributed by atoms with Gasteiger partial charge in [-0.15, -0.1) is 12.4 Å². The zero-order valence-corrected chi connectivity index (χ0v) is 10.5. The van der Waals surface area contributed by atoms with Crippen LogP contribution in [0.5, 0.6) is 0 Å². The third-order valence-corrected chi connectivity index (χ3v) is 3.07.